The molecular formula is C9H6F6N2O3. The zero-order valence-corrected chi connectivity index (χ0v) is 9.34. The maximum atomic E-state index is 12.6. The zero-order valence-electron chi connectivity index (χ0n) is 9.34. The van der Waals surface area contributed by atoms with Crippen LogP contribution in [0.4, 0.5) is 26.3 Å². The van der Waals surface area contributed by atoms with Crippen molar-refractivity contribution in [3.05, 3.63) is 23.0 Å². The summed E-state index contributed by atoms with van der Waals surface area (Å²) in [4.78, 5) is 13.7. The van der Waals surface area contributed by atoms with Crippen molar-refractivity contribution in [3.63, 3.8) is 0 Å². The number of carboxylic acids is 1. The fourth-order valence-electron chi connectivity index (χ4n) is 1.29. The van der Waals surface area contributed by atoms with E-state index in [2.05, 4.69) is 9.72 Å². The second kappa shape index (κ2) is 5.15. The molecule has 0 aliphatic carbocycles. The van der Waals surface area contributed by atoms with Gasteiger partial charge in [-0.15, -0.1) is 13.2 Å². The van der Waals surface area contributed by atoms with Crippen molar-refractivity contribution in [2.45, 2.75) is 19.1 Å². The third-order valence-corrected chi connectivity index (χ3v) is 1.95. The van der Waals surface area contributed by atoms with Crippen LogP contribution in [0, 0.1) is 0 Å². The standard InChI is InChI=1S/C9H6F6N2O3/c10-8(11,12)6-5(7(18)19)4(20-9(13,14)15)1-3(2-16)17-6/h1H,2,16H2,(H,18,19). The quantitative estimate of drug-likeness (QED) is 0.836. The molecule has 1 rings (SSSR count). The van der Waals surface area contributed by atoms with Crippen LogP contribution in [0.25, 0.3) is 0 Å². The average molecular weight is 304 g/mol. The molecule has 0 aliphatic heterocycles. The van der Waals surface area contributed by atoms with Crippen molar-refractivity contribution in [2.24, 2.45) is 5.73 Å². The van der Waals surface area contributed by atoms with Gasteiger partial charge < -0.3 is 15.6 Å². The molecule has 11 heteroatoms. The Morgan fingerprint density at radius 1 is 1.30 bits per heavy atom. The van der Waals surface area contributed by atoms with Gasteiger partial charge in [-0.25, -0.2) is 9.78 Å². The van der Waals surface area contributed by atoms with Gasteiger partial charge in [0.15, 0.2) is 5.69 Å². The van der Waals surface area contributed by atoms with E-state index in [0.717, 1.165) is 0 Å². The van der Waals surface area contributed by atoms with Crippen LogP contribution >= 0.6 is 0 Å². The fraction of sp³-hybridized carbons (Fsp3) is 0.333. The lowest BCUT2D eigenvalue weighted by molar-refractivity contribution is -0.275. The Kier molecular flexibility index (Phi) is 4.12. The molecule has 0 atom stereocenters. The molecule has 0 aliphatic rings. The molecule has 0 amide bonds. The Hall–Kier alpha value is -2.04. The van der Waals surface area contributed by atoms with Gasteiger partial charge in [0, 0.05) is 12.6 Å². The molecule has 0 saturated heterocycles. The van der Waals surface area contributed by atoms with Crippen LogP contribution in [-0.4, -0.2) is 22.4 Å². The third kappa shape index (κ3) is 3.73. The molecule has 112 valence electrons. The molecule has 0 fully saturated rings. The number of ether oxygens (including phenoxy) is 1. The van der Waals surface area contributed by atoms with E-state index < -0.39 is 47.8 Å². The first-order chi connectivity index (χ1) is 8.95. The van der Waals surface area contributed by atoms with Gasteiger partial charge in [0.25, 0.3) is 0 Å². The molecule has 0 spiro atoms. The van der Waals surface area contributed by atoms with Crippen LogP contribution in [0.15, 0.2) is 6.07 Å². The van der Waals surface area contributed by atoms with Gasteiger partial charge >= 0.3 is 18.5 Å². The molecule has 20 heavy (non-hydrogen) atoms. The van der Waals surface area contributed by atoms with Gasteiger partial charge in [-0.1, -0.05) is 0 Å². The Balaban J connectivity index is 3.59. The number of alkyl halides is 6. The monoisotopic (exact) mass is 304 g/mol. The highest BCUT2D eigenvalue weighted by atomic mass is 19.4. The van der Waals surface area contributed by atoms with Crippen LogP contribution in [0.3, 0.4) is 0 Å². The van der Waals surface area contributed by atoms with Crippen LogP contribution in [0.2, 0.25) is 0 Å². The minimum absolute atomic E-state index is 0.395. The molecular weight excluding hydrogens is 298 g/mol. The summed E-state index contributed by atoms with van der Waals surface area (Å²) in [7, 11) is 0. The van der Waals surface area contributed by atoms with Crippen molar-refractivity contribution in [3.8, 4) is 5.75 Å². The van der Waals surface area contributed by atoms with Crippen molar-refractivity contribution >= 4 is 5.97 Å². The fourth-order valence-corrected chi connectivity index (χ4v) is 1.29. The first-order valence-electron chi connectivity index (χ1n) is 4.76. The molecule has 0 saturated carbocycles. The maximum Gasteiger partial charge on any atom is 0.573 e. The summed E-state index contributed by atoms with van der Waals surface area (Å²) in [6, 6.07) is 0.395. The number of hydrogen-bond donors (Lipinski definition) is 2. The topological polar surface area (TPSA) is 85.4 Å². The Labute approximate surface area is 107 Å². The SMILES string of the molecule is NCc1cc(OC(F)(F)F)c(C(=O)O)c(C(F)(F)F)n1. The van der Waals surface area contributed by atoms with Crippen LogP contribution in [0.5, 0.6) is 5.75 Å². The first kappa shape index (κ1) is 16.0. The van der Waals surface area contributed by atoms with Gasteiger partial charge in [-0.2, -0.15) is 13.2 Å². The normalized spacial score (nSPS) is 12.3. The molecule has 0 bridgehead atoms. The minimum Gasteiger partial charge on any atom is -0.477 e. The number of aromatic nitrogens is 1. The number of nitrogens with two attached hydrogens (primary N) is 1. The van der Waals surface area contributed by atoms with E-state index in [0.29, 0.717) is 6.07 Å². The summed E-state index contributed by atoms with van der Waals surface area (Å²) in [5.41, 5.74) is 0.674. The van der Waals surface area contributed by atoms with E-state index in [-0.39, 0.29) is 0 Å². The van der Waals surface area contributed by atoms with Crippen molar-refractivity contribution in [2.75, 3.05) is 0 Å². The highest BCUT2D eigenvalue weighted by Gasteiger charge is 2.42. The highest BCUT2D eigenvalue weighted by molar-refractivity contribution is 5.92. The number of aromatic carboxylic acids is 1. The smallest absolute Gasteiger partial charge is 0.477 e. The number of halogens is 6. The Bertz CT molecular complexity index is 526. The third-order valence-electron chi connectivity index (χ3n) is 1.95. The van der Waals surface area contributed by atoms with Gasteiger partial charge in [0.05, 0.1) is 5.69 Å². The molecule has 5 nitrogen and oxygen atoms in total. The number of carboxylic acid groups (broad SMARTS) is 1. The van der Waals surface area contributed by atoms with Crippen LogP contribution < -0.4 is 10.5 Å². The molecule has 1 aromatic rings. The second-order valence-corrected chi connectivity index (χ2v) is 3.39. The number of nitrogens with zero attached hydrogens (tertiary/aromatic N) is 1. The van der Waals surface area contributed by atoms with E-state index in [1.165, 1.54) is 0 Å². The first-order valence-corrected chi connectivity index (χ1v) is 4.76. The van der Waals surface area contributed by atoms with E-state index in [1.807, 2.05) is 0 Å². The summed E-state index contributed by atoms with van der Waals surface area (Å²) in [5, 5.41) is 8.65. The van der Waals surface area contributed by atoms with Crippen LogP contribution in [0.1, 0.15) is 21.7 Å². The Morgan fingerprint density at radius 2 is 1.85 bits per heavy atom. The van der Waals surface area contributed by atoms with Gasteiger partial charge in [-0.05, 0) is 0 Å². The van der Waals surface area contributed by atoms with E-state index in [1.54, 1.807) is 0 Å². The minimum atomic E-state index is -5.36. The lowest BCUT2D eigenvalue weighted by Crippen LogP contribution is -2.23. The number of rotatable bonds is 3. The summed E-state index contributed by atoms with van der Waals surface area (Å²) < 4.78 is 77.5. The Morgan fingerprint density at radius 3 is 2.20 bits per heavy atom. The summed E-state index contributed by atoms with van der Waals surface area (Å²) in [5.74, 6) is -3.78. The summed E-state index contributed by atoms with van der Waals surface area (Å²) in [6.07, 6.45) is -10.6. The van der Waals surface area contributed by atoms with Crippen molar-refractivity contribution < 1.29 is 41.0 Å². The maximum absolute atomic E-state index is 12.6. The summed E-state index contributed by atoms with van der Waals surface area (Å²) >= 11 is 0. The average Bonchev–Trinajstić information content (AvgIpc) is 2.23. The van der Waals surface area contributed by atoms with Gasteiger partial charge in [0.2, 0.25) is 0 Å². The van der Waals surface area contributed by atoms with Crippen molar-refractivity contribution in [1.29, 1.82) is 0 Å². The predicted molar refractivity (Wildman–Crippen MR) is 50.8 cm³/mol. The molecule has 0 unspecified atom stereocenters. The van der Waals surface area contributed by atoms with E-state index >= 15 is 0 Å². The lowest BCUT2D eigenvalue weighted by atomic mass is 10.1. The lowest BCUT2D eigenvalue weighted by Gasteiger charge is -2.16. The zero-order chi connectivity index (χ0) is 15.7. The van der Waals surface area contributed by atoms with E-state index in [4.69, 9.17) is 10.8 Å². The number of carbonyl (C=O) groups is 1. The molecule has 0 aromatic carbocycles. The molecule has 3 N–H and O–H groups in total. The van der Waals surface area contributed by atoms with Gasteiger partial charge in [-0.3, -0.25) is 0 Å². The number of hydrogen-bond acceptors (Lipinski definition) is 4. The summed E-state index contributed by atoms with van der Waals surface area (Å²) in [6.45, 7) is -0.628. The van der Waals surface area contributed by atoms with Crippen molar-refractivity contribution in [1.82, 2.24) is 4.98 Å². The highest BCUT2D eigenvalue weighted by Crippen LogP contribution is 2.37. The van der Waals surface area contributed by atoms with Gasteiger partial charge in [0.1, 0.15) is 11.3 Å². The van der Waals surface area contributed by atoms with E-state index in [9.17, 15) is 31.1 Å². The molecule has 1 aromatic heterocycles. The molecule has 0 radical (unpaired) electrons. The predicted octanol–water partition coefficient (Wildman–Crippen LogP) is 2.16. The van der Waals surface area contributed by atoms with Crippen LogP contribution in [-0.2, 0) is 12.7 Å². The number of pyridine rings is 1. The molecule has 1 heterocycles. The second-order valence-electron chi connectivity index (χ2n) is 3.39. The largest absolute Gasteiger partial charge is 0.573 e.